The maximum atomic E-state index is 13.4. The van der Waals surface area contributed by atoms with Crippen molar-refractivity contribution < 1.29 is 19.4 Å². The molecule has 36 heavy (non-hydrogen) atoms. The number of nitrogens with zero attached hydrogens (tertiary/aromatic N) is 1. The first kappa shape index (κ1) is 24.4. The molecule has 1 aromatic carbocycles. The zero-order chi connectivity index (χ0) is 25.4. The minimum Gasteiger partial charge on any atom is -0.493 e. The molecule has 3 aliphatic rings. The van der Waals surface area contributed by atoms with Gasteiger partial charge < -0.3 is 30.4 Å². The monoisotopic (exact) mass is 492 g/mol. The number of aliphatic hydroxyl groups excluding tert-OH is 1. The van der Waals surface area contributed by atoms with E-state index in [-0.39, 0.29) is 23.9 Å². The van der Waals surface area contributed by atoms with Crippen molar-refractivity contribution in [3.63, 3.8) is 0 Å². The fourth-order valence-electron chi connectivity index (χ4n) is 5.20. The number of hydrogen-bond donors (Lipinski definition) is 4. The number of aromatic amines is 1. The number of H-pyrrole nitrogens is 1. The largest absolute Gasteiger partial charge is 0.493 e. The van der Waals surface area contributed by atoms with E-state index in [1.807, 2.05) is 19.2 Å². The molecule has 2 amide bonds. The quantitative estimate of drug-likeness (QED) is 0.475. The van der Waals surface area contributed by atoms with E-state index in [2.05, 4.69) is 40.7 Å². The number of nitrogens with one attached hydrogen (secondary N) is 3. The van der Waals surface area contributed by atoms with Gasteiger partial charge in [-0.15, -0.1) is 0 Å². The third-order valence-electron chi connectivity index (χ3n) is 7.45. The van der Waals surface area contributed by atoms with Gasteiger partial charge in [-0.1, -0.05) is 11.6 Å². The SMILES string of the molecule is CC1=C(C(=O)NC2CCN(C(=O)C(C)O)CC2)c2[nH]ccc2C(c2cc(C)ccc2OCC2CC2)N1. The van der Waals surface area contributed by atoms with E-state index in [9.17, 15) is 14.7 Å². The molecule has 1 saturated heterocycles. The molecule has 2 unspecified atom stereocenters. The Bertz CT molecular complexity index is 1170. The number of aliphatic hydroxyl groups is 1. The molecule has 1 aliphatic carbocycles. The Kier molecular flexibility index (Phi) is 6.79. The number of aryl methyl sites for hydroxylation is 1. The summed E-state index contributed by atoms with van der Waals surface area (Å²) in [5.41, 5.74) is 5.50. The molecule has 0 radical (unpaired) electrons. The average molecular weight is 493 g/mol. The minimum atomic E-state index is -0.996. The number of hydrogen-bond acceptors (Lipinski definition) is 5. The number of rotatable bonds is 7. The van der Waals surface area contributed by atoms with Gasteiger partial charge in [0.05, 0.1) is 23.9 Å². The zero-order valence-electron chi connectivity index (χ0n) is 21.3. The molecular weight excluding hydrogens is 456 g/mol. The maximum absolute atomic E-state index is 13.4. The van der Waals surface area contributed by atoms with Crippen molar-refractivity contribution >= 4 is 17.4 Å². The first-order chi connectivity index (χ1) is 17.3. The second-order valence-electron chi connectivity index (χ2n) is 10.4. The van der Waals surface area contributed by atoms with Gasteiger partial charge in [-0.2, -0.15) is 0 Å². The molecule has 4 N–H and O–H groups in total. The van der Waals surface area contributed by atoms with Crippen molar-refractivity contribution in [1.29, 1.82) is 0 Å². The number of piperidine rings is 1. The Morgan fingerprint density at radius 2 is 1.89 bits per heavy atom. The van der Waals surface area contributed by atoms with E-state index in [0.29, 0.717) is 37.4 Å². The molecule has 192 valence electrons. The molecule has 8 nitrogen and oxygen atoms in total. The molecule has 8 heteroatoms. The average Bonchev–Trinajstić information content (AvgIpc) is 3.56. The van der Waals surface area contributed by atoms with Crippen LogP contribution in [-0.2, 0) is 9.59 Å². The summed E-state index contributed by atoms with van der Waals surface area (Å²) in [6, 6.07) is 8.18. The van der Waals surface area contributed by atoms with Crippen LogP contribution in [0.4, 0.5) is 0 Å². The molecule has 2 aliphatic heterocycles. The van der Waals surface area contributed by atoms with Crippen molar-refractivity contribution in [2.24, 2.45) is 5.92 Å². The number of benzene rings is 1. The van der Waals surface area contributed by atoms with Gasteiger partial charge in [0.15, 0.2) is 0 Å². The number of carbonyl (C=O) groups excluding carboxylic acids is 2. The lowest BCUT2D eigenvalue weighted by molar-refractivity contribution is -0.140. The number of carbonyl (C=O) groups is 2. The van der Waals surface area contributed by atoms with Crippen LogP contribution in [0.15, 0.2) is 36.2 Å². The normalized spacial score (nSPS) is 21.0. The van der Waals surface area contributed by atoms with Gasteiger partial charge in [0.1, 0.15) is 11.9 Å². The van der Waals surface area contributed by atoms with E-state index in [1.165, 1.54) is 19.8 Å². The molecule has 3 heterocycles. The van der Waals surface area contributed by atoms with E-state index in [0.717, 1.165) is 40.4 Å². The van der Waals surface area contributed by atoms with Gasteiger partial charge in [-0.25, -0.2) is 0 Å². The van der Waals surface area contributed by atoms with E-state index < -0.39 is 6.10 Å². The summed E-state index contributed by atoms with van der Waals surface area (Å²) >= 11 is 0. The van der Waals surface area contributed by atoms with Crippen LogP contribution >= 0.6 is 0 Å². The molecule has 2 atom stereocenters. The summed E-state index contributed by atoms with van der Waals surface area (Å²) in [6.07, 6.45) is 4.68. The molecule has 1 aromatic heterocycles. The summed E-state index contributed by atoms with van der Waals surface area (Å²) in [5.74, 6) is 1.16. The highest BCUT2D eigenvalue weighted by molar-refractivity contribution is 6.20. The Balaban J connectivity index is 1.33. The first-order valence-electron chi connectivity index (χ1n) is 13.0. The Morgan fingerprint density at radius 3 is 2.58 bits per heavy atom. The molecular formula is C28H36N4O4. The van der Waals surface area contributed by atoms with Crippen LogP contribution in [0, 0.1) is 12.8 Å². The maximum Gasteiger partial charge on any atom is 0.255 e. The standard InChI is InChI=1S/C28H36N4O4/c1-16-4-7-23(36-15-19-5-6-19)22(14-16)25-21-8-11-29-26(21)24(17(2)30-25)27(34)31-20-9-12-32(13-10-20)28(35)18(3)33/h4,7-8,11,14,18-20,25,29-30,33H,5-6,9-10,12-13,15H2,1-3H3,(H,31,34). The third-order valence-corrected chi connectivity index (χ3v) is 7.45. The topological polar surface area (TPSA) is 107 Å². The highest BCUT2D eigenvalue weighted by atomic mass is 16.5. The van der Waals surface area contributed by atoms with Crippen LogP contribution < -0.4 is 15.4 Å². The van der Waals surface area contributed by atoms with Crippen LogP contribution in [-0.4, -0.2) is 58.6 Å². The number of allylic oxidation sites excluding steroid dienone is 1. The number of aromatic nitrogens is 1. The predicted octanol–water partition coefficient (Wildman–Crippen LogP) is 3.02. The van der Waals surface area contributed by atoms with Crippen molar-refractivity contribution in [3.8, 4) is 5.75 Å². The van der Waals surface area contributed by atoms with Crippen molar-refractivity contribution in [2.45, 2.75) is 64.6 Å². The highest BCUT2D eigenvalue weighted by Gasteiger charge is 2.34. The van der Waals surface area contributed by atoms with Crippen molar-refractivity contribution in [3.05, 3.63) is 58.5 Å². The fraction of sp³-hybridized carbons (Fsp3) is 0.500. The van der Waals surface area contributed by atoms with Gasteiger partial charge in [-0.3, -0.25) is 9.59 Å². The number of ether oxygens (including phenoxy) is 1. The summed E-state index contributed by atoms with van der Waals surface area (Å²) in [5, 5.41) is 16.3. The molecule has 5 rings (SSSR count). The van der Waals surface area contributed by atoms with Crippen molar-refractivity contribution in [1.82, 2.24) is 20.5 Å². The number of likely N-dealkylation sites (tertiary alicyclic amines) is 1. The fourth-order valence-corrected chi connectivity index (χ4v) is 5.20. The summed E-state index contributed by atoms with van der Waals surface area (Å²) in [6.45, 7) is 7.30. The minimum absolute atomic E-state index is 0.0221. The summed E-state index contributed by atoms with van der Waals surface area (Å²) < 4.78 is 6.22. The van der Waals surface area contributed by atoms with Gasteiger partial charge in [0.25, 0.3) is 11.8 Å². The zero-order valence-corrected chi connectivity index (χ0v) is 21.3. The Morgan fingerprint density at radius 1 is 1.14 bits per heavy atom. The van der Waals surface area contributed by atoms with Crippen LogP contribution in [0.2, 0.25) is 0 Å². The number of amides is 2. The van der Waals surface area contributed by atoms with E-state index in [1.54, 1.807) is 4.90 Å². The summed E-state index contributed by atoms with van der Waals surface area (Å²) in [7, 11) is 0. The van der Waals surface area contributed by atoms with Crippen molar-refractivity contribution in [2.75, 3.05) is 19.7 Å². The Labute approximate surface area is 212 Å². The van der Waals surface area contributed by atoms with Gasteiger partial charge in [0.2, 0.25) is 0 Å². The second-order valence-corrected chi connectivity index (χ2v) is 10.4. The van der Waals surface area contributed by atoms with Crippen LogP contribution in [0.5, 0.6) is 5.75 Å². The van der Waals surface area contributed by atoms with Gasteiger partial charge in [-0.05, 0) is 70.6 Å². The summed E-state index contributed by atoms with van der Waals surface area (Å²) in [4.78, 5) is 30.5. The van der Waals surface area contributed by atoms with E-state index in [4.69, 9.17) is 4.74 Å². The van der Waals surface area contributed by atoms with Crippen LogP contribution in [0.1, 0.15) is 68.0 Å². The Hall–Kier alpha value is -3.26. The molecule has 1 saturated carbocycles. The highest BCUT2D eigenvalue weighted by Crippen LogP contribution is 2.40. The van der Waals surface area contributed by atoms with E-state index >= 15 is 0 Å². The van der Waals surface area contributed by atoms with Crippen LogP contribution in [0.25, 0.3) is 5.57 Å². The lowest BCUT2D eigenvalue weighted by Gasteiger charge is -2.34. The molecule has 2 fully saturated rings. The smallest absolute Gasteiger partial charge is 0.255 e. The third kappa shape index (κ3) is 5.00. The molecule has 2 aromatic rings. The van der Waals surface area contributed by atoms with Gasteiger partial charge in [0, 0.05) is 42.2 Å². The molecule has 0 spiro atoms. The van der Waals surface area contributed by atoms with Crippen LogP contribution in [0.3, 0.4) is 0 Å². The lowest BCUT2D eigenvalue weighted by atomic mass is 9.89. The second kappa shape index (κ2) is 10.0. The molecule has 0 bridgehead atoms. The van der Waals surface area contributed by atoms with Gasteiger partial charge >= 0.3 is 0 Å². The number of fused-ring (bicyclic) bond motifs is 1. The first-order valence-corrected chi connectivity index (χ1v) is 13.0. The predicted molar refractivity (Wildman–Crippen MR) is 137 cm³/mol. The lowest BCUT2D eigenvalue weighted by Crippen LogP contribution is -2.49.